The summed E-state index contributed by atoms with van der Waals surface area (Å²) in [5.41, 5.74) is 5.82. The quantitative estimate of drug-likeness (QED) is 0.803. The van der Waals surface area contributed by atoms with E-state index in [-0.39, 0.29) is 12.0 Å². The Labute approximate surface area is 150 Å². The van der Waals surface area contributed by atoms with Gasteiger partial charge in [-0.2, -0.15) is 0 Å². The summed E-state index contributed by atoms with van der Waals surface area (Å²) in [4.78, 5) is 13.5. The van der Waals surface area contributed by atoms with E-state index < -0.39 is 0 Å². The maximum Gasteiger partial charge on any atom is 0.219 e. The van der Waals surface area contributed by atoms with Crippen molar-refractivity contribution in [3.05, 3.63) is 48.2 Å². The lowest BCUT2D eigenvalue weighted by molar-refractivity contribution is -0.115. The predicted molar refractivity (Wildman–Crippen MR) is 100.0 cm³/mol. The number of primary amides is 1. The van der Waals surface area contributed by atoms with Crippen LogP contribution in [0.2, 0.25) is 0 Å². The first-order valence-corrected chi connectivity index (χ1v) is 8.56. The molecule has 2 aromatic rings. The molecule has 0 saturated carbocycles. The molecule has 0 aliphatic heterocycles. The number of carbonyl (C=O) groups is 1. The van der Waals surface area contributed by atoms with E-state index in [1.165, 1.54) is 25.3 Å². The molecular weight excluding hydrogens is 316 g/mol. The summed E-state index contributed by atoms with van der Waals surface area (Å²) in [6.45, 7) is 7.49. The topological polar surface area (TPSA) is 74.4 Å². The summed E-state index contributed by atoms with van der Waals surface area (Å²) in [6, 6.07) is 11.9. The number of benzene rings is 1. The molecule has 0 bridgehead atoms. The maximum atomic E-state index is 9.22. The van der Waals surface area contributed by atoms with Crippen LogP contribution in [0.1, 0.15) is 46.1 Å². The highest BCUT2D eigenvalue weighted by atomic mass is 16.5. The van der Waals surface area contributed by atoms with E-state index >= 15 is 0 Å². The van der Waals surface area contributed by atoms with Gasteiger partial charge in [-0.1, -0.05) is 25.5 Å². The number of pyridine rings is 1. The van der Waals surface area contributed by atoms with Gasteiger partial charge in [-0.15, -0.1) is 0 Å². The average Bonchev–Trinajstić information content (AvgIpc) is 2.55. The first kappa shape index (κ1) is 20.5. The van der Waals surface area contributed by atoms with Gasteiger partial charge in [-0.3, -0.25) is 4.79 Å². The molecule has 0 fully saturated rings. The lowest BCUT2D eigenvalue weighted by Gasteiger charge is -2.10. The second kappa shape index (κ2) is 11.1. The van der Waals surface area contributed by atoms with E-state index in [1.54, 1.807) is 6.20 Å². The van der Waals surface area contributed by atoms with Gasteiger partial charge < -0.3 is 15.2 Å². The number of aryl methyl sites for hydroxylation is 1. The molecule has 0 atom stereocenters. The minimum Gasteiger partial charge on any atom is -0.489 e. The normalized spacial score (nSPS) is 9.96. The van der Waals surface area contributed by atoms with Crippen molar-refractivity contribution in [1.29, 1.82) is 0 Å². The Kier molecular flexibility index (Phi) is 9.07. The van der Waals surface area contributed by atoms with Crippen LogP contribution in [0, 0.1) is 0 Å². The number of nitrogens with two attached hydrogens (primary N) is 1. The van der Waals surface area contributed by atoms with Crippen molar-refractivity contribution >= 4 is 5.91 Å². The highest BCUT2D eigenvalue weighted by Gasteiger charge is 2.02. The van der Waals surface area contributed by atoms with Crippen LogP contribution >= 0.6 is 0 Å². The number of rotatable bonds is 7. The van der Waals surface area contributed by atoms with Crippen LogP contribution in [0.5, 0.6) is 17.4 Å². The van der Waals surface area contributed by atoms with E-state index in [0.29, 0.717) is 5.88 Å². The van der Waals surface area contributed by atoms with Crippen molar-refractivity contribution < 1.29 is 14.3 Å². The monoisotopic (exact) mass is 344 g/mol. The summed E-state index contributed by atoms with van der Waals surface area (Å²) in [6.07, 6.45) is 5.39. The fraction of sp³-hybridized carbons (Fsp3) is 0.400. The summed E-state index contributed by atoms with van der Waals surface area (Å²) < 4.78 is 11.3. The number of hydrogen-bond donors (Lipinski definition) is 1. The van der Waals surface area contributed by atoms with Crippen molar-refractivity contribution in [1.82, 2.24) is 4.98 Å². The number of hydrogen-bond acceptors (Lipinski definition) is 4. The zero-order chi connectivity index (χ0) is 18.7. The Hall–Kier alpha value is -2.56. The molecule has 0 aliphatic carbocycles. The van der Waals surface area contributed by atoms with Crippen molar-refractivity contribution in [2.24, 2.45) is 5.73 Å². The minimum absolute atomic E-state index is 0.147. The molecule has 2 rings (SSSR count). The molecule has 1 aromatic carbocycles. The second-order valence-corrected chi connectivity index (χ2v) is 5.96. The number of aromatic nitrogens is 1. The standard InChI is InChI=1S/C18H23NO2.C2H5NO/c1-4-5-6-15-7-9-16(10-8-15)21-18-12-11-17(13-19-18)20-14(2)3;1-2(3)4/h7-14H,4-6H2,1-3H3;1H3,(H2,3,4). The van der Waals surface area contributed by atoms with E-state index in [4.69, 9.17) is 9.47 Å². The van der Waals surface area contributed by atoms with Gasteiger partial charge in [0.05, 0.1) is 12.3 Å². The van der Waals surface area contributed by atoms with Gasteiger partial charge in [0.15, 0.2) is 0 Å². The number of unbranched alkanes of at least 4 members (excludes halogenated alkanes) is 1. The highest BCUT2D eigenvalue weighted by molar-refractivity contribution is 5.70. The van der Waals surface area contributed by atoms with Gasteiger partial charge >= 0.3 is 0 Å². The Bertz CT molecular complexity index is 618. The molecular formula is C20H28N2O3. The van der Waals surface area contributed by atoms with Crippen LogP contribution in [-0.2, 0) is 11.2 Å². The Morgan fingerprint density at radius 2 is 1.72 bits per heavy atom. The molecule has 136 valence electrons. The van der Waals surface area contributed by atoms with Gasteiger partial charge in [-0.25, -0.2) is 4.98 Å². The summed E-state index contributed by atoms with van der Waals surface area (Å²) in [5, 5.41) is 0. The van der Waals surface area contributed by atoms with Gasteiger partial charge in [-0.05, 0) is 50.5 Å². The molecule has 0 saturated heterocycles. The van der Waals surface area contributed by atoms with Crippen LogP contribution < -0.4 is 15.2 Å². The third-order valence-electron chi connectivity index (χ3n) is 3.05. The molecule has 0 spiro atoms. The van der Waals surface area contributed by atoms with Crippen molar-refractivity contribution in [2.45, 2.75) is 53.1 Å². The third kappa shape index (κ3) is 9.35. The van der Waals surface area contributed by atoms with Gasteiger partial charge in [0, 0.05) is 13.0 Å². The Balaban J connectivity index is 0.000000705. The molecule has 1 amide bonds. The highest BCUT2D eigenvalue weighted by Crippen LogP contribution is 2.22. The van der Waals surface area contributed by atoms with Crippen LogP contribution in [0.25, 0.3) is 0 Å². The first-order valence-electron chi connectivity index (χ1n) is 8.56. The fourth-order valence-electron chi connectivity index (χ4n) is 1.99. The van der Waals surface area contributed by atoms with Crippen molar-refractivity contribution in [3.8, 4) is 17.4 Å². The van der Waals surface area contributed by atoms with Gasteiger partial charge in [0.1, 0.15) is 11.5 Å². The molecule has 5 nitrogen and oxygen atoms in total. The zero-order valence-electron chi connectivity index (χ0n) is 15.5. The van der Waals surface area contributed by atoms with E-state index in [0.717, 1.165) is 17.9 Å². The summed E-state index contributed by atoms with van der Waals surface area (Å²) >= 11 is 0. The summed E-state index contributed by atoms with van der Waals surface area (Å²) in [7, 11) is 0. The average molecular weight is 344 g/mol. The largest absolute Gasteiger partial charge is 0.489 e. The maximum absolute atomic E-state index is 9.22. The molecule has 1 heterocycles. The van der Waals surface area contributed by atoms with Crippen LogP contribution in [0.3, 0.4) is 0 Å². The fourth-order valence-corrected chi connectivity index (χ4v) is 1.99. The molecule has 2 N–H and O–H groups in total. The van der Waals surface area contributed by atoms with E-state index in [2.05, 4.69) is 29.8 Å². The van der Waals surface area contributed by atoms with Gasteiger partial charge in [0.25, 0.3) is 0 Å². The number of nitrogens with zero attached hydrogens (tertiary/aromatic N) is 1. The van der Waals surface area contributed by atoms with E-state index in [9.17, 15) is 4.79 Å². The Morgan fingerprint density at radius 1 is 1.12 bits per heavy atom. The predicted octanol–water partition coefficient (Wildman–Crippen LogP) is 4.50. The van der Waals surface area contributed by atoms with Crippen molar-refractivity contribution in [3.63, 3.8) is 0 Å². The molecule has 5 heteroatoms. The molecule has 25 heavy (non-hydrogen) atoms. The number of amides is 1. The summed E-state index contributed by atoms with van der Waals surface area (Å²) in [5.74, 6) is 1.81. The number of ether oxygens (including phenoxy) is 2. The first-order chi connectivity index (χ1) is 11.9. The third-order valence-corrected chi connectivity index (χ3v) is 3.05. The molecule has 0 aliphatic rings. The van der Waals surface area contributed by atoms with Crippen LogP contribution in [-0.4, -0.2) is 17.0 Å². The number of carbonyl (C=O) groups excluding carboxylic acids is 1. The minimum atomic E-state index is -0.333. The van der Waals surface area contributed by atoms with Crippen molar-refractivity contribution in [2.75, 3.05) is 0 Å². The second-order valence-electron chi connectivity index (χ2n) is 5.96. The zero-order valence-corrected chi connectivity index (χ0v) is 15.5. The molecule has 0 unspecified atom stereocenters. The SMILES string of the molecule is CC(N)=O.CCCCc1ccc(Oc2ccc(OC(C)C)cn2)cc1. The lowest BCUT2D eigenvalue weighted by Crippen LogP contribution is -2.05. The molecule has 1 aromatic heterocycles. The Morgan fingerprint density at radius 3 is 2.20 bits per heavy atom. The molecule has 0 radical (unpaired) electrons. The smallest absolute Gasteiger partial charge is 0.219 e. The van der Waals surface area contributed by atoms with Gasteiger partial charge in [0.2, 0.25) is 11.8 Å². The van der Waals surface area contributed by atoms with E-state index in [1.807, 2.05) is 38.1 Å². The van der Waals surface area contributed by atoms with Crippen LogP contribution in [0.15, 0.2) is 42.6 Å². The van der Waals surface area contributed by atoms with Crippen LogP contribution in [0.4, 0.5) is 0 Å². The lowest BCUT2D eigenvalue weighted by atomic mass is 10.1.